The van der Waals surface area contributed by atoms with Crippen LogP contribution in [-0.2, 0) is 15.3 Å². The lowest BCUT2D eigenvalue weighted by atomic mass is 9.83. The number of aliphatic hydroxyl groups excluding tert-OH is 1. The van der Waals surface area contributed by atoms with Gasteiger partial charge >= 0.3 is 0 Å². The van der Waals surface area contributed by atoms with Crippen molar-refractivity contribution in [3.8, 4) is 0 Å². The van der Waals surface area contributed by atoms with Gasteiger partial charge in [0.15, 0.2) is 5.82 Å². The first kappa shape index (κ1) is 21.1. The maximum absolute atomic E-state index is 12.8. The first-order valence-electron chi connectivity index (χ1n) is 10.7. The van der Waals surface area contributed by atoms with Gasteiger partial charge in [-0.2, -0.15) is 4.98 Å². The molecule has 3 fully saturated rings. The number of unbranched alkanes of at least 4 members (excludes halogenated alkanes) is 2. The van der Waals surface area contributed by atoms with Gasteiger partial charge in [-0.1, -0.05) is 24.9 Å². The normalized spacial score (nSPS) is 31.4. The summed E-state index contributed by atoms with van der Waals surface area (Å²) < 4.78 is 11.6. The van der Waals surface area contributed by atoms with Gasteiger partial charge < -0.3 is 19.3 Å². The van der Waals surface area contributed by atoms with Crippen molar-refractivity contribution in [3.05, 3.63) is 11.7 Å². The molecule has 4 atom stereocenters. The van der Waals surface area contributed by atoms with Crippen LogP contribution in [0.1, 0.15) is 37.9 Å². The van der Waals surface area contributed by atoms with Gasteiger partial charge in [0.2, 0.25) is 11.8 Å². The Morgan fingerprint density at radius 2 is 2.21 bits per heavy atom. The smallest absolute Gasteiger partial charge is 0.236 e. The first-order valence-corrected chi connectivity index (χ1v) is 11.9. The second-order valence-corrected chi connectivity index (χ2v) is 9.60. The van der Waals surface area contributed by atoms with E-state index in [0.717, 1.165) is 19.6 Å². The number of carbonyl (C=O) groups excluding carboxylic acids is 1. The predicted octanol–water partition coefficient (Wildman–Crippen LogP) is 1.32. The summed E-state index contributed by atoms with van der Waals surface area (Å²) in [5.74, 6) is 2.56. The van der Waals surface area contributed by atoms with Gasteiger partial charge in [-0.3, -0.25) is 9.69 Å². The molecule has 3 saturated heterocycles. The van der Waals surface area contributed by atoms with Gasteiger partial charge in [-0.05, 0) is 19.9 Å². The average molecular weight is 425 g/mol. The van der Waals surface area contributed by atoms with Gasteiger partial charge in [0.05, 0.1) is 24.2 Å². The van der Waals surface area contributed by atoms with Crippen molar-refractivity contribution in [2.24, 2.45) is 11.8 Å². The number of aryl methyl sites for hydroxylation is 1. The second kappa shape index (κ2) is 8.91. The lowest BCUT2D eigenvalue weighted by Crippen LogP contribution is -2.54. The molecule has 3 aliphatic rings. The Morgan fingerprint density at radius 1 is 1.34 bits per heavy atom. The Hall–Kier alpha value is -1.16. The summed E-state index contributed by atoms with van der Waals surface area (Å²) in [5, 5.41) is 13.8. The highest BCUT2D eigenvalue weighted by molar-refractivity contribution is 7.99. The molecule has 162 valence electrons. The van der Waals surface area contributed by atoms with Crippen molar-refractivity contribution in [2.75, 3.05) is 45.1 Å². The molecule has 3 aliphatic heterocycles. The molecule has 29 heavy (non-hydrogen) atoms. The highest BCUT2D eigenvalue weighted by atomic mass is 32.2. The van der Waals surface area contributed by atoms with Gasteiger partial charge in [-0.25, -0.2) is 0 Å². The van der Waals surface area contributed by atoms with Crippen molar-refractivity contribution in [2.45, 2.75) is 50.6 Å². The zero-order valence-electron chi connectivity index (χ0n) is 17.4. The van der Waals surface area contributed by atoms with Crippen LogP contribution < -0.4 is 0 Å². The summed E-state index contributed by atoms with van der Waals surface area (Å²) in [5.41, 5.74) is -0.313. The highest BCUT2D eigenvalue weighted by Gasteiger charge is 2.62. The Kier molecular flexibility index (Phi) is 6.48. The molecule has 0 saturated carbocycles. The van der Waals surface area contributed by atoms with Crippen LogP contribution in [-0.4, -0.2) is 87.7 Å². The molecule has 0 aromatic carbocycles. The third-order valence-electron chi connectivity index (χ3n) is 6.52. The molecule has 2 bridgehead atoms. The number of likely N-dealkylation sites (tertiary alicyclic amines) is 2. The van der Waals surface area contributed by atoms with E-state index in [2.05, 4.69) is 22.0 Å². The second-order valence-electron chi connectivity index (χ2n) is 8.62. The fraction of sp³-hybridized carbons (Fsp3) is 0.850. The van der Waals surface area contributed by atoms with Crippen molar-refractivity contribution < 1.29 is 19.2 Å². The highest BCUT2D eigenvalue weighted by Crippen LogP contribution is 2.49. The number of hydrogen-bond acceptors (Lipinski definition) is 8. The lowest BCUT2D eigenvalue weighted by molar-refractivity contribution is -0.136. The van der Waals surface area contributed by atoms with E-state index < -0.39 is 0 Å². The summed E-state index contributed by atoms with van der Waals surface area (Å²) in [7, 11) is 0. The van der Waals surface area contributed by atoms with E-state index in [1.807, 2.05) is 4.90 Å². The topological polar surface area (TPSA) is 91.9 Å². The van der Waals surface area contributed by atoms with E-state index in [0.29, 0.717) is 36.3 Å². The standard InChI is InChI=1S/C20H32N4O4S/c1-3-4-5-6-23-8-17-15(9-25)16-7-24(13-20(16,12-23)27-17)19(26)11-29-10-18-21-14(2)22-28-18/h15-17,25H,3-13H2,1-2H3/t15-,16+,17+,20+/m0/s1. The van der Waals surface area contributed by atoms with Crippen LogP contribution in [0, 0.1) is 18.8 Å². The zero-order chi connectivity index (χ0) is 20.4. The zero-order valence-corrected chi connectivity index (χ0v) is 18.2. The lowest BCUT2D eigenvalue weighted by Gasteiger charge is -2.40. The summed E-state index contributed by atoms with van der Waals surface area (Å²) >= 11 is 1.50. The van der Waals surface area contributed by atoms with E-state index >= 15 is 0 Å². The number of carbonyl (C=O) groups is 1. The molecule has 4 heterocycles. The summed E-state index contributed by atoms with van der Waals surface area (Å²) in [6.07, 6.45) is 3.74. The van der Waals surface area contributed by atoms with Crippen LogP contribution >= 0.6 is 11.8 Å². The molecule has 8 nitrogen and oxygen atoms in total. The molecule has 4 rings (SSSR count). The maximum Gasteiger partial charge on any atom is 0.236 e. The molecule has 0 radical (unpaired) electrons. The fourth-order valence-electron chi connectivity index (χ4n) is 5.19. The molecular weight excluding hydrogens is 392 g/mol. The van der Waals surface area contributed by atoms with Crippen molar-refractivity contribution in [1.82, 2.24) is 19.9 Å². The summed E-state index contributed by atoms with van der Waals surface area (Å²) in [4.78, 5) is 21.4. The number of ether oxygens (including phenoxy) is 1. The van der Waals surface area contributed by atoms with Gasteiger partial charge in [-0.15, -0.1) is 11.8 Å². The molecular formula is C20H32N4O4S. The molecule has 0 unspecified atom stereocenters. The van der Waals surface area contributed by atoms with Crippen LogP contribution in [0.25, 0.3) is 0 Å². The van der Waals surface area contributed by atoms with E-state index in [-0.39, 0.29) is 36.1 Å². The van der Waals surface area contributed by atoms with Crippen LogP contribution in [0.5, 0.6) is 0 Å². The van der Waals surface area contributed by atoms with Crippen molar-refractivity contribution >= 4 is 17.7 Å². The number of morpholine rings is 1. The van der Waals surface area contributed by atoms with E-state index in [1.54, 1.807) is 6.92 Å². The SMILES string of the molecule is CCCCCN1C[C@H]2O[C@]3(C1)CN(C(=O)CSCc1nc(C)no1)C[C@@H]3[C@@H]2CO. The van der Waals surface area contributed by atoms with E-state index in [1.165, 1.54) is 31.0 Å². The van der Waals surface area contributed by atoms with Gasteiger partial charge in [0.1, 0.15) is 5.60 Å². The van der Waals surface area contributed by atoms with E-state index in [4.69, 9.17) is 9.26 Å². The molecule has 1 amide bonds. The minimum Gasteiger partial charge on any atom is -0.396 e. The number of aliphatic hydroxyl groups is 1. The number of thioether (sulfide) groups is 1. The van der Waals surface area contributed by atoms with Crippen LogP contribution in [0.2, 0.25) is 0 Å². The van der Waals surface area contributed by atoms with Crippen molar-refractivity contribution in [1.29, 1.82) is 0 Å². The van der Waals surface area contributed by atoms with Gasteiger partial charge in [0, 0.05) is 38.1 Å². The van der Waals surface area contributed by atoms with Crippen molar-refractivity contribution in [3.63, 3.8) is 0 Å². The third-order valence-corrected chi connectivity index (χ3v) is 7.43. The Bertz CT molecular complexity index is 716. The first-order chi connectivity index (χ1) is 14.0. The predicted molar refractivity (Wildman–Crippen MR) is 109 cm³/mol. The molecule has 1 N–H and O–H groups in total. The molecule has 1 aromatic rings. The number of rotatable bonds is 9. The third kappa shape index (κ3) is 4.33. The molecule has 0 aliphatic carbocycles. The number of fused-ring (bicyclic) bond motifs is 1. The molecule has 1 aromatic heterocycles. The Balaban J connectivity index is 1.34. The maximum atomic E-state index is 12.8. The fourth-order valence-corrected chi connectivity index (χ4v) is 5.94. The monoisotopic (exact) mass is 424 g/mol. The van der Waals surface area contributed by atoms with Crippen LogP contribution in [0.15, 0.2) is 4.52 Å². The number of amides is 1. The summed E-state index contributed by atoms with van der Waals surface area (Å²) in [6.45, 7) is 8.30. The Labute approximate surface area is 176 Å². The largest absolute Gasteiger partial charge is 0.396 e. The number of hydrogen-bond donors (Lipinski definition) is 1. The number of aromatic nitrogens is 2. The molecule has 9 heteroatoms. The minimum atomic E-state index is -0.313. The molecule has 1 spiro atoms. The number of nitrogens with zero attached hydrogens (tertiary/aromatic N) is 4. The minimum absolute atomic E-state index is 0.0905. The quantitative estimate of drug-likeness (QED) is 0.594. The Morgan fingerprint density at radius 3 is 2.93 bits per heavy atom. The average Bonchev–Trinajstić information content (AvgIpc) is 3.31. The van der Waals surface area contributed by atoms with Gasteiger partial charge in [0.25, 0.3) is 0 Å². The van der Waals surface area contributed by atoms with E-state index in [9.17, 15) is 9.90 Å². The summed E-state index contributed by atoms with van der Waals surface area (Å²) in [6, 6.07) is 0. The van der Waals surface area contributed by atoms with Crippen LogP contribution in [0.3, 0.4) is 0 Å². The van der Waals surface area contributed by atoms with Crippen LogP contribution in [0.4, 0.5) is 0 Å².